The van der Waals surface area contributed by atoms with Crippen molar-refractivity contribution < 1.29 is 46.0 Å². The van der Waals surface area contributed by atoms with E-state index in [0.717, 1.165) is 19.4 Å². The van der Waals surface area contributed by atoms with Gasteiger partial charge in [0.25, 0.3) is 5.69 Å². The van der Waals surface area contributed by atoms with Crippen LogP contribution in [0.25, 0.3) is 0 Å². The Morgan fingerprint density at radius 2 is 1.50 bits per heavy atom. The van der Waals surface area contributed by atoms with E-state index >= 15 is 0 Å². The number of halogens is 1. The fourth-order valence-corrected chi connectivity index (χ4v) is 6.65. The summed E-state index contributed by atoms with van der Waals surface area (Å²) < 4.78 is 17.7. The number of esters is 2. The van der Waals surface area contributed by atoms with Gasteiger partial charge in [0.1, 0.15) is 18.2 Å². The lowest BCUT2D eigenvalue weighted by Gasteiger charge is -2.33. The smallest absolute Gasteiger partial charge is 0.337 e. The Balaban J connectivity index is 0.00000729. The summed E-state index contributed by atoms with van der Waals surface area (Å²) in [7, 11) is 2.09. The van der Waals surface area contributed by atoms with Crippen molar-refractivity contribution in [1.82, 2.24) is 5.32 Å². The summed E-state index contributed by atoms with van der Waals surface area (Å²) in [4.78, 5) is 40.5. The molecular weight excluding hydrogens is 682 g/mol. The number of nitro benzene ring substituents is 1. The first-order valence-electron chi connectivity index (χ1n) is 17.7. The molecule has 0 saturated heterocycles. The van der Waals surface area contributed by atoms with Gasteiger partial charge in [0.05, 0.1) is 42.2 Å². The van der Waals surface area contributed by atoms with Gasteiger partial charge < -0.3 is 36.8 Å². The molecule has 4 rings (SSSR count). The number of allylic oxidation sites excluding steroid dienone is 2. The average Bonchev–Trinajstić information content (AvgIpc) is 3.08. The Morgan fingerprint density at radius 1 is 0.923 bits per heavy atom. The van der Waals surface area contributed by atoms with Crippen LogP contribution >= 0.6 is 0 Å². The van der Waals surface area contributed by atoms with E-state index in [-0.39, 0.29) is 41.8 Å². The zero-order valence-corrected chi connectivity index (χ0v) is 32.0. The van der Waals surface area contributed by atoms with Gasteiger partial charge in [0.2, 0.25) is 0 Å². The molecule has 0 saturated carbocycles. The minimum absolute atomic E-state index is 0. The number of carbonyl (C=O) groups excluding carboxylic acids is 2. The van der Waals surface area contributed by atoms with Gasteiger partial charge in [-0.15, -0.1) is 0 Å². The fourth-order valence-electron chi connectivity index (χ4n) is 6.65. The molecule has 0 aromatic heterocycles. The van der Waals surface area contributed by atoms with E-state index in [9.17, 15) is 19.7 Å². The van der Waals surface area contributed by atoms with E-state index in [1.807, 2.05) is 26.0 Å². The van der Waals surface area contributed by atoms with E-state index in [0.29, 0.717) is 30.1 Å². The van der Waals surface area contributed by atoms with E-state index in [4.69, 9.17) is 14.2 Å². The number of nitrogens with one attached hydrogen (secondary N) is 2. The Labute approximate surface area is 313 Å². The van der Waals surface area contributed by atoms with Crippen molar-refractivity contribution in [3.8, 4) is 0 Å². The number of quaternary nitrogens is 1. The number of ether oxygens (including phenoxy) is 3. The highest BCUT2D eigenvalue weighted by Crippen LogP contribution is 2.41. The highest BCUT2D eigenvalue weighted by molar-refractivity contribution is 6.00. The Morgan fingerprint density at radius 3 is 2.06 bits per heavy atom. The number of nitro groups is 1. The van der Waals surface area contributed by atoms with E-state index in [1.165, 1.54) is 28.2 Å². The molecule has 0 bridgehead atoms. The van der Waals surface area contributed by atoms with Gasteiger partial charge in [-0.25, -0.2) is 9.59 Å². The van der Waals surface area contributed by atoms with Crippen LogP contribution in [0.15, 0.2) is 107 Å². The third kappa shape index (κ3) is 11.2. The predicted molar refractivity (Wildman–Crippen MR) is 197 cm³/mol. The summed E-state index contributed by atoms with van der Waals surface area (Å²) in [6, 6.07) is 26.9. The molecule has 1 heterocycles. The minimum Gasteiger partial charge on any atom is -1.00 e. The first-order valence-corrected chi connectivity index (χ1v) is 17.7. The lowest BCUT2D eigenvalue weighted by atomic mass is 9.80. The number of hydrogen-bond acceptors (Lipinski definition) is 8. The van der Waals surface area contributed by atoms with Crippen molar-refractivity contribution in [1.29, 1.82) is 0 Å². The van der Waals surface area contributed by atoms with Crippen molar-refractivity contribution in [3.05, 3.63) is 134 Å². The SMILES string of the molecule is CCCOCC(C)(C)OC(=O)C1=C(C)NC(C)=C(C(=O)OC(C)C[NH+](C)CCC(c2ccccc2)c2ccccc2)C1c1cccc([N+](=O)[O-])c1.[Cl-]. The largest absolute Gasteiger partial charge is 1.00 e. The van der Waals surface area contributed by atoms with Crippen molar-refractivity contribution in [2.75, 3.05) is 33.4 Å². The summed E-state index contributed by atoms with van der Waals surface area (Å²) in [5, 5.41) is 15.0. The third-order valence-corrected chi connectivity index (χ3v) is 8.99. The Bertz CT molecular complexity index is 1690. The molecule has 1 aliphatic heterocycles. The van der Waals surface area contributed by atoms with Gasteiger partial charge >= 0.3 is 11.9 Å². The van der Waals surface area contributed by atoms with Crippen molar-refractivity contribution in [2.24, 2.45) is 0 Å². The molecule has 280 valence electrons. The molecule has 0 aliphatic carbocycles. The van der Waals surface area contributed by atoms with E-state index in [2.05, 4.69) is 60.9 Å². The standard InChI is InChI=1S/C41H51N3O7.ClH/c1-8-24-49-27-41(5,6)51-40(46)37-30(4)42-29(3)36(38(37)33-20-15-21-34(25-33)44(47)48)39(45)50-28(2)26-43(7)23-22-35(31-16-11-9-12-17-31)32-18-13-10-14-19-32;/h9-21,25,28,35,38,42H,8,22-24,26-27H2,1-7H3;1H. The Kier molecular flexibility index (Phi) is 15.6. The van der Waals surface area contributed by atoms with Crippen LogP contribution in [0.5, 0.6) is 0 Å². The molecule has 1 aliphatic rings. The molecule has 0 spiro atoms. The predicted octanol–water partition coefficient (Wildman–Crippen LogP) is 3.25. The zero-order valence-electron chi connectivity index (χ0n) is 31.2. The third-order valence-electron chi connectivity index (χ3n) is 8.99. The Hall–Kier alpha value is -4.51. The summed E-state index contributed by atoms with van der Waals surface area (Å²) in [6.45, 7) is 12.9. The van der Waals surface area contributed by atoms with Gasteiger partial charge in [-0.1, -0.05) is 79.7 Å². The van der Waals surface area contributed by atoms with Crippen LogP contribution in [0.1, 0.15) is 82.9 Å². The molecule has 3 aromatic carbocycles. The van der Waals surface area contributed by atoms with Crippen LogP contribution in [0.4, 0.5) is 5.69 Å². The monoisotopic (exact) mass is 733 g/mol. The number of carbonyl (C=O) groups is 2. The molecule has 0 radical (unpaired) electrons. The number of rotatable bonds is 17. The fraction of sp³-hybridized carbons (Fsp3) is 0.415. The molecule has 0 amide bonds. The van der Waals surface area contributed by atoms with E-state index < -0.39 is 34.5 Å². The van der Waals surface area contributed by atoms with Crippen LogP contribution in [-0.2, 0) is 23.8 Å². The maximum absolute atomic E-state index is 14.1. The van der Waals surface area contributed by atoms with Crippen LogP contribution < -0.4 is 22.6 Å². The number of benzene rings is 3. The van der Waals surface area contributed by atoms with Gasteiger partial charge in [-0.3, -0.25) is 10.1 Å². The second kappa shape index (κ2) is 19.4. The van der Waals surface area contributed by atoms with Crippen LogP contribution in [0.2, 0.25) is 0 Å². The van der Waals surface area contributed by atoms with Crippen molar-refractivity contribution in [3.63, 3.8) is 0 Å². The van der Waals surface area contributed by atoms with Gasteiger partial charge in [0.15, 0.2) is 0 Å². The summed E-state index contributed by atoms with van der Waals surface area (Å²) >= 11 is 0. The molecule has 10 nitrogen and oxygen atoms in total. The number of dihydropyridines is 1. The number of hydrogen-bond donors (Lipinski definition) is 2. The maximum Gasteiger partial charge on any atom is 0.337 e. The highest BCUT2D eigenvalue weighted by Gasteiger charge is 2.40. The lowest BCUT2D eigenvalue weighted by molar-refractivity contribution is -0.882. The second-order valence-corrected chi connectivity index (χ2v) is 14.0. The lowest BCUT2D eigenvalue weighted by Crippen LogP contribution is -3.10. The van der Waals surface area contributed by atoms with Crippen molar-refractivity contribution in [2.45, 2.75) is 77.9 Å². The molecule has 2 N–H and O–H groups in total. The number of likely N-dealkylation sites (N-methyl/N-ethyl adjacent to an activating group) is 1. The quantitative estimate of drug-likeness (QED) is 0.0940. The topological polar surface area (TPSA) is 121 Å². The average molecular weight is 734 g/mol. The molecule has 11 heteroatoms. The maximum atomic E-state index is 14.1. The minimum atomic E-state index is -0.967. The zero-order chi connectivity index (χ0) is 37.1. The number of nitrogens with zero attached hydrogens (tertiary/aromatic N) is 1. The van der Waals surface area contributed by atoms with Crippen LogP contribution in [0.3, 0.4) is 0 Å². The highest BCUT2D eigenvalue weighted by atomic mass is 35.5. The number of non-ortho nitro benzene ring substituents is 1. The van der Waals surface area contributed by atoms with Gasteiger partial charge in [-0.05, 0) is 57.7 Å². The second-order valence-electron chi connectivity index (χ2n) is 14.0. The van der Waals surface area contributed by atoms with Gasteiger partial charge in [-0.2, -0.15) is 0 Å². The molecule has 3 unspecified atom stereocenters. The molecule has 52 heavy (non-hydrogen) atoms. The molecule has 3 aromatic rings. The normalized spacial score (nSPS) is 15.7. The van der Waals surface area contributed by atoms with Crippen molar-refractivity contribution >= 4 is 17.6 Å². The first-order chi connectivity index (χ1) is 24.3. The molecule has 3 atom stereocenters. The molecular formula is C41H52ClN3O7. The van der Waals surface area contributed by atoms with Crippen LogP contribution in [0, 0.1) is 10.1 Å². The van der Waals surface area contributed by atoms with Crippen LogP contribution in [-0.4, -0.2) is 61.9 Å². The van der Waals surface area contributed by atoms with Gasteiger partial charge in [0, 0.05) is 42.5 Å². The van der Waals surface area contributed by atoms with E-state index in [1.54, 1.807) is 39.8 Å². The summed E-state index contributed by atoms with van der Waals surface area (Å²) in [6.07, 6.45) is 1.26. The summed E-state index contributed by atoms with van der Waals surface area (Å²) in [5.74, 6) is -1.99. The molecule has 0 fully saturated rings. The summed E-state index contributed by atoms with van der Waals surface area (Å²) in [5.41, 5.74) is 3.16. The first kappa shape index (κ1) is 41.9.